The molecule has 4 aliphatic rings. The highest BCUT2D eigenvalue weighted by atomic mass is 19.4. The van der Waals surface area contributed by atoms with E-state index in [1.165, 1.54) is 18.9 Å². The van der Waals surface area contributed by atoms with Crippen LogP contribution in [0.15, 0.2) is 41.5 Å². The van der Waals surface area contributed by atoms with Crippen molar-refractivity contribution in [2.75, 3.05) is 5.32 Å². The number of nitrogens with one attached hydrogen (secondary N) is 1. The number of alkyl halides is 6. The van der Waals surface area contributed by atoms with Crippen molar-refractivity contribution in [2.24, 2.45) is 34.5 Å². The van der Waals surface area contributed by atoms with Crippen molar-refractivity contribution < 1.29 is 41.0 Å². The van der Waals surface area contributed by atoms with Crippen LogP contribution in [-0.2, 0) is 21.9 Å². The van der Waals surface area contributed by atoms with E-state index in [0.717, 1.165) is 31.3 Å². The number of carbonyl (C=O) groups excluding carboxylic acids is 1. The first-order chi connectivity index (χ1) is 18.0. The number of allylic oxidation sites excluding steroid dienone is 3. The number of halogens is 6. The molecule has 10 heteroatoms. The molecule has 2 N–H and O–H groups in total. The lowest BCUT2D eigenvalue weighted by Crippen LogP contribution is -2.50. The number of fused-ring (bicyclic) bond motifs is 5. The minimum atomic E-state index is -5.07. The number of benzene rings is 1. The van der Waals surface area contributed by atoms with E-state index in [2.05, 4.69) is 18.3 Å². The van der Waals surface area contributed by atoms with Gasteiger partial charge in [-0.05, 0) is 97.0 Å². The maximum absolute atomic E-state index is 13.4. The Balaban J connectivity index is 1.48. The van der Waals surface area contributed by atoms with E-state index < -0.39 is 52.4 Å². The van der Waals surface area contributed by atoms with E-state index in [-0.39, 0.29) is 29.4 Å². The summed E-state index contributed by atoms with van der Waals surface area (Å²) < 4.78 is 80.0. The molecule has 0 radical (unpaired) electrons. The lowest BCUT2D eigenvalue weighted by Gasteiger charge is -2.56. The highest BCUT2D eigenvalue weighted by Crippen LogP contribution is 2.65. The first-order valence-corrected chi connectivity index (χ1v) is 13.3. The number of hydrogen-bond acceptors (Lipinski definition) is 2. The third-order valence-corrected chi connectivity index (χ3v) is 10.0. The highest BCUT2D eigenvalue weighted by Gasteiger charge is 2.57. The Hall–Kier alpha value is -2.78. The third kappa shape index (κ3) is 4.78. The van der Waals surface area contributed by atoms with Gasteiger partial charge in [-0.3, -0.25) is 4.79 Å². The van der Waals surface area contributed by atoms with Gasteiger partial charge in [-0.2, -0.15) is 26.3 Å². The molecule has 0 heterocycles. The average molecular weight is 556 g/mol. The van der Waals surface area contributed by atoms with Crippen LogP contribution >= 0.6 is 0 Å². The summed E-state index contributed by atoms with van der Waals surface area (Å²) >= 11 is 0. The van der Waals surface area contributed by atoms with Crippen LogP contribution < -0.4 is 5.32 Å². The van der Waals surface area contributed by atoms with Crippen molar-refractivity contribution in [1.82, 2.24) is 0 Å². The fourth-order valence-electron chi connectivity index (χ4n) is 8.11. The monoisotopic (exact) mass is 555 g/mol. The van der Waals surface area contributed by atoms with Crippen molar-refractivity contribution in [1.29, 1.82) is 0 Å². The third-order valence-electron chi connectivity index (χ3n) is 10.0. The number of anilines is 1. The molecule has 2 fully saturated rings. The van der Waals surface area contributed by atoms with Crippen LogP contribution in [-0.4, -0.2) is 17.0 Å². The Kier molecular flexibility index (Phi) is 6.50. The zero-order valence-corrected chi connectivity index (χ0v) is 21.7. The lowest BCUT2D eigenvalue weighted by atomic mass is 9.48. The van der Waals surface area contributed by atoms with Gasteiger partial charge in [0, 0.05) is 11.3 Å². The minimum Gasteiger partial charge on any atom is -0.478 e. The molecule has 2 saturated carbocycles. The summed E-state index contributed by atoms with van der Waals surface area (Å²) in [7, 11) is 0. The Bertz CT molecular complexity index is 1230. The van der Waals surface area contributed by atoms with Gasteiger partial charge in [0.25, 0.3) is 0 Å². The first kappa shape index (κ1) is 27.8. The molecule has 0 bridgehead atoms. The molecule has 39 heavy (non-hydrogen) atoms. The molecule has 1 aromatic rings. The maximum Gasteiger partial charge on any atom is 0.416 e. The molecule has 0 spiro atoms. The summed E-state index contributed by atoms with van der Waals surface area (Å²) in [5.74, 6) is -2.37. The van der Waals surface area contributed by atoms with E-state index in [0.29, 0.717) is 24.0 Å². The van der Waals surface area contributed by atoms with Crippen LogP contribution in [0, 0.1) is 34.5 Å². The van der Waals surface area contributed by atoms with Crippen LogP contribution in [0.2, 0.25) is 0 Å². The molecule has 4 nitrogen and oxygen atoms in total. The predicted octanol–water partition coefficient (Wildman–Crippen LogP) is 7.86. The van der Waals surface area contributed by atoms with Gasteiger partial charge >= 0.3 is 18.3 Å². The molecule has 4 aliphatic carbocycles. The first-order valence-electron chi connectivity index (χ1n) is 13.3. The molecular formula is C29H31F6NO3. The van der Waals surface area contributed by atoms with Crippen LogP contribution in [0.4, 0.5) is 32.0 Å². The molecule has 1 amide bonds. The zero-order chi connectivity index (χ0) is 28.5. The van der Waals surface area contributed by atoms with Gasteiger partial charge in [-0.25, -0.2) is 4.79 Å². The van der Waals surface area contributed by atoms with Gasteiger partial charge in [0.2, 0.25) is 5.91 Å². The normalized spacial score (nSPS) is 34.3. The standard InChI is InChI=1S/C29H31F6NO3/c1-26-8-3-4-22(26)19-6-5-15-13-20(25(38)39)21(14-27(15,2)23(19)7-9-26)24(37)36-18-11-16(28(30,31)32)10-17(12-18)29(33,34)35/h5,10-13,19,21-23H,3-4,6-9,14H2,1-2H3,(H,36,37)(H,38,39)/t19-,21?,22-,23-,26-,27-/m0/s1. The second-order valence-electron chi connectivity index (χ2n) is 12.2. The summed E-state index contributed by atoms with van der Waals surface area (Å²) in [6, 6.07) is 0.858. The van der Waals surface area contributed by atoms with Crippen LogP contribution in [0.25, 0.3) is 0 Å². The Morgan fingerprint density at radius 1 is 0.949 bits per heavy atom. The largest absolute Gasteiger partial charge is 0.478 e. The van der Waals surface area contributed by atoms with Gasteiger partial charge < -0.3 is 10.4 Å². The number of amides is 1. The molecule has 1 aromatic carbocycles. The molecule has 6 atom stereocenters. The van der Waals surface area contributed by atoms with Crippen molar-refractivity contribution in [3.05, 3.63) is 52.6 Å². The Morgan fingerprint density at radius 3 is 2.18 bits per heavy atom. The van der Waals surface area contributed by atoms with Crippen molar-refractivity contribution in [2.45, 2.75) is 71.1 Å². The second-order valence-corrected chi connectivity index (χ2v) is 12.2. The number of hydrogen-bond donors (Lipinski definition) is 2. The van der Waals surface area contributed by atoms with Gasteiger partial charge in [-0.15, -0.1) is 0 Å². The van der Waals surface area contributed by atoms with E-state index >= 15 is 0 Å². The minimum absolute atomic E-state index is 0.0149. The summed E-state index contributed by atoms with van der Waals surface area (Å²) in [4.78, 5) is 25.6. The molecular weight excluding hydrogens is 524 g/mol. The predicted molar refractivity (Wildman–Crippen MR) is 131 cm³/mol. The fraction of sp³-hybridized carbons (Fsp3) is 0.586. The molecule has 212 valence electrons. The number of carboxylic acid groups (broad SMARTS) is 1. The topological polar surface area (TPSA) is 66.4 Å². The SMILES string of the molecule is C[C@@]12CCC[C@H]1[C@@H]1CC=C3C=C(C(=O)O)C(C(=O)Nc4cc(C(F)(F)F)cc(C(F)(F)F)c4)C[C@]3(C)[C@H]1CC2. The summed E-state index contributed by atoms with van der Waals surface area (Å²) in [5.41, 5.74) is -3.41. The van der Waals surface area contributed by atoms with Crippen molar-refractivity contribution in [3.8, 4) is 0 Å². The number of carboxylic acids is 1. The molecule has 0 aromatic heterocycles. The lowest BCUT2D eigenvalue weighted by molar-refractivity contribution is -0.143. The van der Waals surface area contributed by atoms with Gasteiger partial charge in [0.05, 0.1) is 17.0 Å². The quantitative estimate of drug-likeness (QED) is 0.373. The summed E-state index contributed by atoms with van der Waals surface area (Å²) in [6.45, 7) is 4.36. The van der Waals surface area contributed by atoms with E-state index in [4.69, 9.17) is 0 Å². The van der Waals surface area contributed by atoms with Crippen molar-refractivity contribution in [3.63, 3.8) is 0 Å². The van der Waals surface area contributed by atoms with E-state index in [1.807, 2.05) is 6.92 Å². The molecule has 0 saturated heterocycles. The number of carbonyl (C=O) groups is 2. The van der Waals surface area contributed by atoms with Crippen LogP contribution in [0.1, 0.15) is 69.9 Å². The second kappa shape index (κ2) is 9.13. The summed E-state index contributed by atoms with van der Waals surface area (Å²) in [6.07, 6.45) is -0.158. The molecule has 0 aliphatic heterocycles. The van der Waals surface area contributed by atoms with E-state index in [1.54, 1.807) is 0 Å². The highest BCUT2D eigenvalue weighted by molar-refractivity contribution is 6.02. The van der Waals surface area contributed by atoms with Crippen LogP contribution in [0.3, 0.4) is 0 Å². The number of aliphatic carboxylic acids is 1. The number of rotatable bonds is 3. The fourth-order valence-corrected chi connectivity index (χ4v) is 8.11. The van der Waals surface area contributed by atoms with Gasteiger partial charge in [-0.1, -0.05) is 26.3 Å². The zero-order valence-electron chi connectivity index (χ0n) is 21.7. The average Bonchev–Trinajstić information content (AvgIpc) is 3.23. The van der Waals surface area contributed by atoms with Crippen molar-refractivity contribution >= 4 is 17.6 Å². The Labute approximate surface area is 222 Å². The van der Waals surface area contributed by atoms with E-state index in [9.17, 15) is 41.0 Å². The van der Waals surface area contributed by atoms with Gasteiger partial charge in [0.1, 0.15) is 0 Å². The van der Waals surface area contributed by atoms with Crippen LogP contribution in [0.5, 0.6) is 0 Å². The van der Waals surface area contributed by atoms with Gasteiger partial charge in [0.15, 0.2) is 0 Å². The molecule has 5 rings (SSSR count). The maximum atomic E-state index is 13.4. The Morgan fingerprint density at radius 2 is 1.59 bits per heavy atom. The summed E-state index contributed by atoms with van der Waals surface area (Å²) in [5, 5.41) is 12.1. The molecule has 1 unspecified atom stereocenters. The smallest absolute Gasteiger partial charge is 0.416 e.